The summed E-state index contributed by atoms with van der Waals surface area (Å²) in [4.78, 5) is 29.0. The number of carbonyl (C=O) groups excluding carboxylic acids is 2. The van der Waals surface area contributed by atoms with E-state index >= 15 is 4.39 Å². The molecular formula is C29H30FN5O3. The predicted molar refractivity (Wildman–Crippen MR) is 141 cm³/mol. The van der Waals surface area contributed by atoms with Gasteiger partial charge in [-0.2, -0.15) is 0 Å². The standard InChI is InChI=1S/C29H30FN5O3/c30-24-13-5-4-12-23(24)28(29(37)31-19-22-11-8-18-38-22)34(17-16-21-9-2-1-3-10-21)27(36)20-35-26-15-7-6-14-25(26)32-33-35/h1-7,9-10,12-15,22,28H,8,11,16-20H2,(H,31,37)/t22-,28-/m0/s1. The van der Waals surface area contributed by atoms with E-state index in [9.17, 15) is 9.59 Å². The third kappa shape index (κ3) is 5.89. The maximum Gasteiger partial charge on any atom is 0.247 e. The number of nitrogens with zero attached hydrogens (tertiary/aromatic N) is 4. The number of carbonyl (C=O) groups is 2. The molecule has 2 heterocycles. The molecule has 0 spiro atoms. The van der Waals surface area contributed by atoms with E-state index in [4.69, 9.17) is 4.74 Å². The number of hydrogen-bond acceptors (Lipinski definition) is 5. The monoisotopic (exact) mass is 515 g/mol. The lowest BCUT2D eigenvalue weighted by molar-refractivity contribution is -0.141. The molecule has 1 fully saturated rings. The van der Waals surface area contributed by atoms with Gasteiger partial charge in [-0.05, 0) is 43.0 Å². The molecule has 1 aliphatic rings. The first-order valence-corrected chi connectivity index (χ1v) is 12.9. The highest BCUT2D eigenvalue weighted by Crippen LogP contribution is 2.26. The van der Waals surface area contributed by atoms with E-state index in [0.29, 0.717) is 30.6 Å². The Kier molecular flexibility index (Phi) is 8.04. The lowest BCUT2D eigenvalue weighted by Gasteiger charge is -2.32. The van der Waals surface area contributed by atoms with E-state index in [1.54, 1.807) is 18.2 Å². The van der Waals surface area contributed by atoms with E-state index in [0.717, 1.165) is 18.4 Å². The maximum absolute atomic E-state index is 15.1. The molecule has 1 N–H and O–H groups in total. The topological polar surface area (TPSA) is 89.4 Å². The van der Waals surface area contributed by atoms with Crippen LogP contribution < -0.4 is 5.32 Å². The van der Waals surface area contributed by atoms with Crippen LogP contribution in [0.2, 0.25) is 0 Å². The molecule has 38 heavy (non-hydrogen) atoms. The van der Waals surface area contributed by atoms with Crippen LogP contribution in [0, 0.1) is 5.82 Å². The van der Waals surface area contributed by atoms with E-state index in [1.165, 1.54) is 15.6 Å². The molecule has 8 nitrogen and oxygen atoms in total. The van der Waals surface area contributed by atoms with Gasteiger partial charge in [0, 0.05) is 25.3 Å². The summed E-state index contributed by atoms with van der Waals surface area (Å²) in [5.41, 5.74) is 2.51. The third-order valence-electron chi connectivity index (χ3n) is 6.80. The minimum atomic E-state index is -1.16. The average Bonchev–Trinajstić information content (AvgIpc) is 3.61. The molecule has 5 rings (SSSR count). The molecule has 0 aliphatic carbocycles. The number of hydrogen-bond donors (Lipinski definition) is 1. The molecule has 0 bridgehead atoms. The number of benzene rings is 3. The zero-order valence-electron chi connectivity index (χ0n) is 21.0. The first-order chi connectivity index (χ1) is 18.6. The minimum absolute atomic E-state index is 0.0878. The van der Waals surface area contributed by atoms with Gasteiger partial charge in [0.25, 0.3) is 0 Å². The number of ether oxygens (including phenoxy) is 1. The Bertz CT molecular complexity index is 1390. The van der Waals surface area contributed by atoms with Crippen molar-refractivity contribution in [3.05, 3.63) is 95.8 Å². The fourth-order valence-corrected chi connectivity index (χ4v) is 4.81. The second-order valence-corrected chi connectivity index (χ2v) is 9.36. The van der Waals surface area contributed by atoms with Crippen molar-refractivity contribution in [2.45, 2.75) is 38.0 Å². The summed E-state index contributed by atoms with van der Waals surface area (Å²) in [6.45, 7) is 1.03. The fourth-order valence-electron chi connectivity index (χ4n) is 4.81. The van der Waals surface area contributed by atoms with Gasteiger partial charge < -0.3 is 15.0 Å². The fraction of sp³-hybridized carbons (Fsp3) is 0.310. The van der Waals surface area contributed by atoms with Crippen LogP contribution >= 0.6 is 0 Å². The van der Waals surface area contributed by atoms with Crippen molar-refractivity contribution in [3.63, 3.8) is 0 Å². The minimum Gasteiger partial charge on any atom is -0.376 e. The SMILES string of the molecule is O=C(NC[C@@H]1CCCO1)[C@H](c1ccccc1F)N(CCc1ccccc1)C(=O)Cn1nnc2ccccc21. The second kappa shape index (κ2) is 12.0. The summed E-state index contributed by atoms with van der Waals surface area (Å²) >= 11 is 0. The third-order valence-corrected chi connectivity index (χ3v) is 6.80. The zero-order chi connectivity index (χ0) is 26.3. The summed E-state index contributed by atoms with van der Waals surface area (Å²) in [5, 5.41) is 11.2. The van der Waals surface area contributed by atoms with Crippen LogP contribution in [0.1, 0.15) is 30.0 Å². The molecule has 1 saturated heterocycles. The van der Waals surface area contributed by atoms with Gasteiger partial charge in [-0.1, -0.05) is 65.9 Å². The molecule has 196 valence electrons. The van der Waals surface area contributed by atoms with Crippen molar-refractivity contribution in [2.24, 2.45) is 0 Å². The van der Waals surface area contributed by atoms with Crippen LogP contribution in [0.3, 0.4) is 0 Å². The number of amides is 2. The van der Waals surface area contributed by atoms with E-state index < -0.39 is 17.8 Å². The summed E-state index contributed by atoms with van der Waals surface area (Å²) in [7, 11) is 0. The molecule has 1 aliphatic heterocycles. The van der Waals surface area contributed by atoms with Crippen LogP contribution in [-0.4, -0.2) is 57.5 Å². The van der Waals surface area contributed by atoms with Crippen molar-refractivity contribution in [1.82, 2.24) is 25.2 Å². The summed E-state index contributed by atoms with van der Waals surface area (Å²) in [5.74, 6) is -1.36. The van der Waals surface area contributed by atoms with Crippen LogP contribution in [0.4, 0.5) is 4.39 Å². The van der Waals surface area contributed by atoms with Crippen LogP contribution in [-0.2, 0) is 27.3 Å². The molecule has 2 amide bonds. The molecular weight excluding hydrogens is 485 g/mol. The molecule has 9 heteroatoms. The smallest absolute Gasteiger partial charge is 0.247 e. The van der Waals surface area contributed by atoms with Crippen molar-refractivity contribution < 1.29 is 18.7 Å². The van der Waals surface area contributed by atoms with Crippen LogP contribution in [0.5, 0.6) is 0 Å². The van der Waals surface area contributed by atoms with Gasteiger partial charge in [0.15, 0.2) is 0 Å². The molecule has 3 aromatic carbocycles. The largest absolute Gasteiger partial charge is 0.376 e. The number of halogens is 1. The van der Waals surface area contributed by atoms with Gasteiger partial charge in [-0.15, -0.1) is 5.10 Å². The quantitative estimate of drug-likeness (QED) is 0.348. The zero-order valence-corrected chi connectivity index (χ0v) is 21.0. The van der Waals surface area contributed by atoms with Crippen molar-refractivity contribution in [2.75, 3.05) is 19.7 Å². The van der Waals surface area contributed by atoms with E-state index in [-0.39, 0.29) is 30.7 Å². The molecule has 0 saturated carbocycles. The molecule has 0 radical (unpaired) electrons. The summed E-state index contributed by atoms with van der Waals surface area (Å²) in [6, 6.07) is 22.0. The van der Waals surface area contributed by atoms with Crippen molar-refractivity contribution in [1.29, 1.82) is 0 Å². The van der Waals surface area contributed by atoms with Crippen molar-refractivity contribution in [3.8, 4) is 0 Å². The number of rotatable bonds is 10. The number of aromatic nitrogens is 3. The molecule has 2 atom stereocenters. The van der Waals surface area contributed by atoms with Gasteiger partial charge >= 0.3 is 0 Å². The molecule has 0 unspecified atom stereocenters. The highest BCUT2D eigenvalue weighted by molar-refractivity contribution is 5.89. The van der Waals surface area contributed by atoms with Crippen molar-refractivity contribution >= 4 is 22.8 Å². The second-order valence-electron chi connectivity index (χ2n) is 9.36. The lowest BCUT2D eigenvalue weighted by atomic mass is 10.0. The Hall–Kier alpha value is -4.11. The van der Waals surface area contributed by atoms with Gasteiger partial charge in [-0.25, -0.2) is 9.07 Å². The Morgan fingerprint density at radius 3 is 2.61 bits per heavy atom. The van der Waals surface area contributed by atoms with E-state index in [2.05, 4.69) is 15.6 Å². The summed E-state index contributed by atoms with van der Waals surface area (Å²) < 4.78 is 22.3. The first kappa shape index (κ1) is 25.5. The van der Waals surface area contributed by atoms with Gasteiger partial charge in [-0.3, -0.25) is 9.59 Å². The number of fused-ring (bicyclic) bond motifs is 1. The van der Waals surface area contributed by atoms with Crippen LogP contribution in [0.15, 0.2) is 78.9 Å². The number of nitrogens with one attached hydrogen (secondary N) is 1. The highest BCUT2D eigenvalue weighted by atomic mass is 19.1. The van der Waals surface area contributed by atoms with Gasteiger partial charge in [0.2, 0.25) is 11.8 Å². The lowest BCUT2D eigenvalue weighted by Crippen LogP contribution is -2.47. The van der Waals surface area contributed by atoms with Gasteiger partial charge in [0.05, 0.1) is 11.6 Å². The Balaban J connectivity index is 1.47. The Morgan fingerprint density at radius 2 is 1.82 bits per heavy atom. The summed E-state index contributed by atoms with van der Waals surface area (Å²) in [6.07, 6.45) is 2.19. The predicted octanol–water partition coefficient (Wildman–Crippen LogP) is 3.68. The van der Waals surface area contributed by atoms with E-state index in [1.807, 2.05) is 54.6 Å². The van der Waals surface area contributed by atoms with Crippen LogP contribution in [0.25, 0.3) is 11.0 Å². The Labute approximate surface area is 220 Å². The first-order valence-electron chi connectivity index (χ1n) is 12.9. The highest BCUT2D eigenvalue weighted by Gasteiger charge is 2.34. The van der Waals surface area contributed by atoms with Gasteiger partial charge in [0.1, 0.15) is 23.9 Å². The maximum atomic E-state index is 15.1. The molecule has 1 aromatic heterocycles. The average molecular weight is 516 g/mol. The number of para-hydroxylation sites is 1. The normalized spacial score (nSPS) is 15.9. The Morgan fingerprint density at radius 1 is 1.05 bits per heavy atom. The molecule has 4 aromatic rings.